The maximum absolute atomic E-state index is 5.55. The molecule has 22 heteroatoms. The number of thiocarbonyl (C=S) groups is 1. The van der Waals surface area contributed by atoms with E-state index in [2.05, 4.69) is 170 Å². The van der Waals surface area contributed by atoms with Gasteiger partial charge in [0.25, 0.3) is 0 Å². The summed E-state index contributed by atoms with van der Waals surface area (Å²) in [5, 5.41) is 14.5. The summed E-state index contributed by atoms with van der Waals surface area (Å²) in [6, 6.07) is 88.6. The quantitative estimate of drug-likeness (QED) is 0.0327. The smallest absolute Gasteiger partial charge is 0.170 e. The molecular formula is C102H118N16O2S4. The van der Waals surface area contributed by atoms with Crippen LogP contribution in [0.2, 0.25) is 0 Å². The summed E-state index contributed by atoms with van der Waals surface area (Å²) in [4.78, 5) is 47.9. The van der Waals surface area contributed by atoms with Gasteiger partial charge in [-0.15, -0.1) is 0 Å². The van der Waals surface area contributed by atoms with Crippen molar-refractivity contribution in [2.45, 2.75) is 98.5 Å². The van der Waals surface area contributed by atoms with Crippen molar-refractivity contribution in [1.29, 1.82) is 0 Å². The molecule has 0 unspecified atom stereocenters. The molecule has 0 aliphatic carbocycles. The number of ether oxygens (including phenoxy) is 2. The van der Waals surface area contributed by atoms with Crippen LogP contribution in [0.5, 0.6) is 17.2 Å². The number of pyridine rings is 9. The Morgan fingerprint density at radius 1 is 0.331 bits per heavy atom. The molecule has 0 spiro atoms. The normalized spacial score (nSPS) is 9.97. The number of nitrogens with one attached hydrogen (secondary N) is 2. The highest BCUT2D eigenvalue weighted by Crippen LogP contribution is 2.23. The highest BCUT2D eigenvalue weighted by atomic mass is 32.2. The standard InChI is InChI=1S/C12H8N2.C12H11NO.C11H9NO.C11H9N.C10H8N2.C10H22S2.C10H22S.C8H6N2.C7H6N2.C6H5N3.C5H12N2S/c1-3-9-5-6-10-4-2-8-14-12(10)11(9)13-7-1;1-2-4-11(5-3-1)10-14-12-6-8-13-9-7-12;1-2-4-10(5-3-1)13-11-6-8-12-9-7-11;1-2-4-10(5-3-1)11-6-8-12-9-7-11;1-3-7-11-9(5-1)10-6-2-4-8-12-10;1-3-5-7-11-9-10-12-8-6-4-2;1-3-5-7-9-11-10-8-6-4-2;1-3-7-4-2-6-10-8(7)9-5-1;1-2-4-7-6(3-1)8-5-9-7;1-2-4-6-5(3-1)7-9-8-6;1-6(2)5(8)7(3)4/h1-8H;1-9H,10H2;1-9H;1-9H;1-8H;3-10H2,1-2H3;3-10H2,1-2H3;1-6H;1-5H,(H,8,9);1-4H,(H,7,8,9);1-4H3. The predicted octanol–water partition coefficient (Wildman–Crippen LogP) is 25.9. The lowest BCUT2D eigenvalue weighted by Crippen LogP contribution is -2.32. The van der Waals surface area contributed by atoms with Gasteiger partial charge in [0.1, 0.15) is 34.9 Å². The highest BCUT2D eigenvalue weighted by Gasteiger charge is 2.03. The second kappa shape index (κ2) is 63.6. The summed E-state index contributed by atoms with van der Waals surface area (Å²) in [6.45, 7) is 9.65. The fraction of sp³-hybridized carbons (Fsp3) is 0.245. The highest BCUT2D eigenvalue weighted by molar-refractivity contribution is 8.02. The van der Waals surface area contributed by atoms with E-state index in [0.717, 1.165) is 88.7 Å². The Kier molecular flexibility index (Phi) is 50.7. The zero-order valence-electron chi connectivity index (χ0n) is 72.7. The van der Waals surface area contributed by atoms with Gasteiger partial charge < -0.3 is 24.3 Å². The minimum Gasteiger partial charge on any atom is -0.489 e. The Hall–Kier alpha value is -12.3. The van der Waals surface area contributed by atoms with Crippen LogP contribution in [0.15, 0.2) is 354 Å². The number of fused-ring (bicyclic) bond motifs is 6. The van der Waals surface area contributed by atoms with Crippen molar-refractivity contribution < 1.29 is 9.47 Å². The minimum atomic E-state index is 0.602. The number of para-hydroxylation sites is 5. The Balaban J connectivity index is 0.000000188. The summed E-state index contributed by atoms with van der Waals surface area (Å²) < 4.78 is 11.1. The zero-order chi connectivity index (χ0) is 87.6. The fourth-order valence-electron chi connectivity index (χ4n) is 10.9. The SMILES string of the molecule is CCCCCSCCCCC.CCCCSCCSCCCC.CN(C)C(=S)N(C)C.c1ccc(-c2ccccn2)nc1.c1ccc(-c2ccncc2)cc1.c1ccc(COc2ccncc2)cc1.c1ccc(Oc2ccncc2)cc1.c1ccc2[nH]cnc2c1.c1ccc2n[nH]nc2c1.c1cnc2c(c1)ccc1cccnc12.c1cnc2ncccc2c1. The van der Waals surface area contributed by atoms with Gasteiger partial charge in [0, 0.05) is 130 Å². The molecule has 0 fully saturated rings. The lowest BCUT2D eigenvalue weighted by Gasteiger charge is -2.20. The Morgan fingerprint density at radius 2 is 0.726 bits per heavy atom. The molecule has 0 radical (unpaired) electrons. The molecule has 11 aromatic heterocycles. The van der Waals surface area contributed by atoms with Gasteiger partial charge in [0.05, 0.1) is 39.8 Å². The molecule has 0 aliphatic heterocycles. The summed E-state index contributed by atoms with van der Waals surface area (Å²) in [7, 11) is 7.73. The monoisotopic (exact) mass is 1730 g/mol. The van der Waals surface area contributed by atoms with E-state index in [9.17, 15) is 0 Å². The molecule has 11 heterocycles. The van der Waals surface area contributed by atoms with Crippen molar-refractivity contribution in [2.24, 2.45) is 0 Å². The van der Waals surface area contributed by atoms with E-state index in [4.69, 9.17) is 21.7 Å². The van der Waals surface area contributed by atoms with E-state index >= 15 is 0 Å². The summed E-state index contributed by atoms with van der Waals surface area (Å²) in [5.41, 5.74) is 12.2. The van der Waals surface area contributed by atoms with Crippen LogP contribution in [0.4, 0.5) is 0 Å². The van der Waals surface area contributed by atoms with Crippen LogP contribution < -0.4 is 9.47 Å². The number of aromatic amines is 2. The van der Waals surface area contributed by atoms with Crippen LogP contribution >= 0.6 is 47.5 Å². The molecule has 0 bridgehead atoms. The number of aromatic nitrogens is 14. The number of rotatable bonds is 24. The van der Waals surface area contributed by atoms with Crippen molar-refractivity contribution in [3.8, 4) is 39.8 Å². The summed E-state index contributed by atoms with van der Waals surface area (Å²) >= 11 is 11.3. The van der Waals surface area contributed by atoms with Gasteiger partial charge in [-0.2, -0.15) is 50.7 Å². The maximum Gasteiger partial charge on any atom is 0.170 e. The number of nitrogens with zero attached hydrogens (tertiary/aromatic N) is 14. The van der Waals surface area contributed by atoms with Gasteiger partial charge in [0.15, 0.2) is 10.8 Å². The van der Waals surface area contributed by atoms with Crippen LogP contribution in [0, 0.1) is 0 Å². The van der Waals surface area contributed by atoms with E-state index in [0.29, 0.717) is 6.61 Å². The first-order valence-electron chi connectivity index (χ1n) is 42.0. The maximum atomic E-state index is 5.55. The molecule has 0 atom stereocenters. The van der Waals surface area contributed by atoms with Crippen LogP contribution in [0.3, 0.4) is 0 Å². The Labute approximate surface area is 751 Å². The van der Waals surface area contributed by atoms with Gasteiger partial charge >= 0.3 is 0 Å². The van der Waals surface area contributed by atoms with Crippen molar-refractivity contribution in [1.82, 2.24) is 80.0 Å². The third kappa shape index (κ3) is 41.5. The van der Waals surface area contributed by atoms with Crippen molar-refractivity contribution in [3.05, 3.63) is 359 Å². The largest absolute Gasteiger partial charge is 0.489 e. The average Bonchev–Trinajstić information content (AvgIpc) is 0.903. The van der Waals surface area contributed by atoms with Crippen molar-refractivity contribution in [2.75, 3.05) is 62.7 Å². The van der Waals surface area contributed by atoms with Gasteiger partial charge in [-0.1, -0.05) is 206 Å². The van der Waals surface area contributed by atoms with E-state index in [1.165, 1.54) is 115 Å². The van der Waals surface area contributed by atoms with E-state index < -0.39 is 0 Å². The van der Waals surface area contributed by atoms with Crippen molar-refractivity contribution in [3.63, 3.8) is 0 Å². The topological polar surface area (TPSA) is 211 Å². The molecular weight excluding hydrogens is 1610 g/mol. The lowest BCUT2D eigenvalue weighted by molar-refractivity contribution is 0.306. The minimum absolute atomic E-state index is 0.602. The molecule has 17 aromatic rings. The summed E-state index contributed by atoms with van der Waals surface area (Å²) in [6.07, 6.45) is 36.7. The van der Waals surface area contributed by atoms with Crippen LogP contribution in [-0.2, 0) is 6.61 Å². The molecule has 0 saturated heterocycles. The molecule has 0 amide bonds. The Bertz CT molecular complexity index is 4970. The van der Waals surface area contributed by atoms with Crippen molar-refractivity contribution >= 4 is 108 Å². The molecule has 17 rings (SSSR count). The van der Waals surface area contributed by atoms with Gasteiger partial charge in [-0.25, -0.2) is 15.0 Å². The average molecular weight is 1730 g/mol. The van der Waals surface area contributed by atoms with Gasteiger partial charge in [-0.3, -0.25) is 34.9 Å². The molecule has 0 aliphatic rings. The number of unbranched alkanes of at least 4 members (excludes halogenated alkanes) is 6. The first-order valence-corrected chi connectivity index (χ1v) is 45.9. The molecule has 6 aromatic carbocycles. The number of benzene rings is 6. The molecule has 642 valence electrons. The number of imidazole rings is 1. The predicted molar refractivity (Wildman–Crippen MR) is 530 cm³/mol. The molecule has 0 saturated carbocycles. The number of thioether (sulfide) groups is 3. The van der Waals surface area contributed by atoms with Crippen LogP contribution in [-0.4, -0.2) is 148 Å². The second-order valence-corrected chi connectivity index (χ2v) is 31.7. The third-order valence-electron chi connectivity index (χ3n) is 17.4. The van der Waals surface area contributed by atoms with Crippen LogP contribution in [0.25, 0.3) is 77.4 Å². The van der Waals surface area contributed by atoms with Crippen LogP contribution in [0.1, 0.15) is 97.5 Å². The fourth-order valence-corrected chi connectivity index (χ4v) is 14.2. The lowest BCUT2D eigenvalue weighted by atomic mass is 10.1. The molecule has 18 nitrogen and oxygen atoms in total. The number of hydrogen-bond acceptors (Lipinski definition) is 18. The van der Waals surface area contributed by atoms with E-state index in [-0.39, 0.29) is 0 Å². The zero-order valence-corrected chi connectivity index (χ0v) is 76.0. The number of hydrogen-bond donors (Lipinski definition) is 2. The molecule has 2 N–H and O–H groups in total. The summed E-state index contributed by atoms with van der Waals surface area (Å²) in [5.74, 6) is 10.7. The molecule has 124 heavy (non-hydrogen) atoms. The van der Waals surface area contributed by atoms with Gasteiger partial charge in [-0.05, 0) is 211 Å². The third-order valence-corrected chi connectivity index (χ3v) is 21.7. The second-order valence-electron chi connectivity index (χ2n) is 27.6. The Morgan fingerprint density at radius 3 is 1.19 bits per heavy atom. The van der Waals surface area contributed by atoms with E-state index in [1.807, 2.05) is 287 Å². The van der Waals surface area contributed by atoms with Gasteiger partial charge in [0.2, 0.25) is 0 Å². The first-order chi connectivity index (χ1) is 61.1. The number of H-pyrrole nitrogens is 2. The first kappa shape index (κ1) is 98.8. The van der Waals surface area contributed by atoms with E-state index in [1.54, 1.807) is 68.3 Å².